The van der Waals surface area contributed by atoms with Gasteiger partial charge in [-0.1, -0.05) is 30.1 Å². The van der Waals surface area contributed by atoms with E-state index in [2.05, 4.69) is 20.6 Å². The Balaban J connectivity index is 1.52. The summed E-state index contributed by atoms with van der Waals surface area (Å²) in [6.07, 6.45) is 7.13. The summed E-state index contributed by atoms with van der Waals surface area (Å²) in [4.78, 5) is 25.9. The smallest absolute Gasteiger partial charge is 0.224 e. The lowest BCUT2D eigenvalue weighted by Crippen LogP contribution is -2.38. The maximum Gasteiger partial charge on any atom is 0.224 e. The molecule has 9 nitrogen and oxygen atoms in total. The number of aliphatic hydroxyl groups is 1. The third-order valence-corrected chi connectivity index (χ3v) is 8.19. The molecule has 0 spiro atoms. The van der Waals surface area contributed by atoms with Crippen molar-refractivity contribution in [3.63, 3.8) is 0 Å². The number of carbonyl (C=O) groups excluding carboxylic acids is 1. The number of hydrogen-bond donors (Lipinski definition) is 4. The lowest BCUT2D eigenvalue weighted by atomic mass is 9.73. The van der Waals surface area contributed by atoms with E-state index in [0.717, 1.165) is 19.3 Å². The molecule has 12 heteroatoms. The monoisotopic (exact) mass is 549 g/mol. The van der Waals surface area contributed by atoms with Crippen LogP contribution in [0.3, 0.4) is 0 Å². The van der Waals surface area contributed by atoms with Crippen LogP contribution in [0.5, 0.6) is 0 Å². The topological polar surface area (TPSA) is 131 Å². The number of aromatic nitrogens is 4. The highest BCUT2D eigenvalue weighted by Crippen LogP contribution is 2.43. The van der Waals surface area contributed by atoms with Crippen molar-refractivity contribution in [3.8, 4) is 0 Å². The Hall–Kier alpha value is -2.69. The fourth-order valence-corrected chi connectivity index (χ4v) is 5.91. The van der Waals surface area contributed by atoms with Crippen LogP contribution in [0.2, 0.25) is 10.0 Å². The fraction of sp³-hybridized carbons (Fsp3) is 0.520. The number of nitrogens with zero attached hydrogens (tertiary/aromatic N) is 4. The van der Waals surface area contributed by atoms with Gasteiger partial charge in [0.2, 0.25) is 17.8 Å². The normalized spacial score (nSPS) is 26.2. The number of benzene rings is 1. The summed E-state index contributed by atoms with van der Waals surface area (Å²) < 4.78 is 16.7. The van der Waals surface area contributed by atoms with E-state index in [1.165, 1.54) is 12.1 Å². The first-order valence-corrected chi connectivity index (χ1v) is 13.3. The molecule has 198 valence electrons. The number of imidazole rings is 1. The first-order chi connectivity index (χ1) is 17.6. The van der Waals surface area contributed by atoms with Crippen molar-refractivity contribution >= 4 is 57.9 Å². The minimum Gasteiger partial charge on any atom is -0.393 e. The Labute approximate surface area is 224 Å². The van der Waals surface area contributed by atoms with Gasteiger partial charge in [-0.15, -0.1) is 0 Å². The molecule has 2 saturated carbocycles. The minimum absolute atomic E-state index is 0.0582. The Kier molecular flexibility index (Phi) is 7.17. The second-order valence-electron chi connectivity index (χ2n) is 10.4. The number of fused-ring (bicyclic) bond motifs is 1. The maximum absolute atomic E-state index is 14.8. The number of aliphatic hydroxyl groups excluding tert-OH is 1. The van der Waals surface area contributed by atoms with Crippen molar-refractivity contribution in [3.05, 3.63) is 34.2 Å². The molecule has 37 heavy (non-hydrogen) atoms. The number of nitrogens with two attached hydrogens (primary N) is 1. The molecule has 2 atom stereocenters. The first-order valence-electron chi connectivity index (χ1n) is 12.5. The van der Waals surface area contributed by atoms with Gasteiger partial charge in [0.15, 0.2) is 5.65 Å². The van der Waals surface area contributed by atoms with Gasteiger partial charge in [-0.25, -0.2) is 14.4 Å². The van der Waals surface area contributed by atoms with Crippen LogP contribution >= 0.6 is 23.2 Å². The van der Waals surface area contributed by atoms with Gasteiger partial charge in [0.25, 0.3) is 0 Å². The van der Waals surface area contributed by atoms with Gasteiger partial charge in [-0.2, -0.15) is 4.98 Å². The zero-order valence-electron chi connectivity index (χ0n) is 20.5. The molecule has 1 aromatic carbocycles. The number of hydrogen-bond acceptors (Lipinski definition) is 7. The van der Waals surface area contributed by atoms with Gasteiger partial charge in [-0.05, 0) is 63.5 Å². The summed E-state index contributed by atoms with van der Waals surface area (Å²) in [5, 5.41) is 16.7. The predicted molar refractivity (Wildman–Crippen MR) is 142 cm³/mol. The summed E-state index contributed by atoms with van der Waals surface area (Å²) in [5.41, 5.74) is 6.26. The van der Waals surface area contributed by atoms with Crippen LogP contribution in [0, 0.1) is 11.2 Å². The molecular formula is C25H30Cl2FN7O2. The second-order valence-corrected chi connectivity index (χ2v) is 11.2. The molecule has 2 aliphatic carbocycles. The molecule has 0 radical (unpaired) electrons. The molecule has 0 bridgehead atoms. The van der Waals surface area contributed by atoms with Gasteiger partial charge < -0.3 is 21.5 Å². The van der Waals surface area contributed by atoms with Gasteiger partial charge in [-0.3, -0.25) is 9.36 Å². The molecule has 0 unspecified atom stereocenters. The molecule has 1 amide bonds. The Morgan fingerprint density at radius 3 is 2.65 bits per heavy atom. The number of rotatable bonds is 6. The van der Waals surface area contributed by atoms with Gasteiger partial charge >= 0.3 is 0 Å². The highest BCUT2D eigenvalue weighted by molar-refractivity contribution is 6.36. The van der Waals surface area contributed by atoms with Crippen LogP contribution < -0.4 is 16.4 Å². The number of carbonyl (C=O) groups is 1. The van der Waals surface area contributed by atoms with E-state index in [0.29, 0.717) is 55.2 Å². The molecule has 3 aromatic rings. The molecule has 0 aliphatic heterocycles. The standard InChI is InChI=1S/C25H30Cl2FN7O2/c1-25(22(29)37)7-5-15(6-8-25)35-21-19(12-30-23(34-21)31-14-3-2-4-16(36)11-14)32-24(35)33-20-17(27)9-13(26)10-18(20)28/h9-10,12,14-16,36H,2-8,11H2,1H3,(H2,29,37)(H,32,33)(H,30,31,34)/t14-,15-,16+,25+/m0/s1. The van der Waals surface area contributed by atoms with Crippen LogP contribution in [0.25, 0.3) is 11.2 Å². The van der Waals surface area contributed by atoms with Gasteiger partial charge in [0, 0.05) is 22.5 Å². The zero-order chi connectivity index (χ0) is 26.3. The third kappa shape index (κ3) is 5.32. The van der Waals surface area contributed by atoms with Gasteiger partial charge in [0.1, 0.15) is 11.3 Å². The second kappa shape index (κ2) is 10.2. The summed E-state index contributed by atoms with van der Waals surface area (Å²) >= 11 is 12.3. The Morgan fingerprint density at radius 2 is 1.97 bits per heavy atom. The van der Waals surface area contributed by atoms with Crippen LogP contribution in [0.1, 0.15) is 64.3 Å². The Bertz CT molecular complexity index is 1300. The largest absolute Gasteiger partial charge is 0.393 e. The van der Waals surface area contributed by atoms with E-state index in [9.17, 15) is 14.3 Å². The van der Waals surface area contributed by atoms with E-state index < -0.39 is 11.2 Å². The molecule has 5 rings (SSSR count). The molecule has 0 saturated heterocycles. The molecule has 2 aliphatic rings. The van der Waals surface area contributed by atoms with Crippen molar-refractivity contribution in [1.29, 1.82) is 0 Å². The van der Waals surface area contributed by atoms with E-state index in [4.69, 9.17) is 33.9 Å². The summed E-state index contributed by atoms with van der Waals surface area (Å²) in [5.74, 6) is -0.109. The molecule has 5 N–H and O–H groups in total. The van der Waals surface area contributed by atoms with E-state index in [1.807, 2.05) is 11.5 Å². The summed E-state index contributed by atoms with van der Waals surface area (Å²) in [7, 11) is 0. The highest BCUT2D eigenvalue weighted by Gasteiger charge is 2.38. The molecule has 2 fully saturated rings. The van der Waals surface area contributed by atoms with Crippen molar-refractivity contribution in [2.45, 2.75) is 76.5 Å². The molecule has 2 aromatic heterocycles. The zero-order valence-corrected chi connectivity index (χ0v) is 22.0. The first kappa shape index (κ1) is 25.9. The lowest BCUT2D eigenvalue weighted by molar-refractivity contribution is -0.128. The summed E-state index contributed by atoms with van der Waals surface area (Å²) in [6, 6.07) is 2.65. The lowest BCUT2D eigenvalue weighted by Gasteiger charge is -2.35. The number of nitrogens with one attached hydrogen (secondary N) is 2. The van der Waals surface area contributed by atoms with E-state index in [-0.39, 0.29) is 39.8 Å². The van der Waals surface area contributed by atoms with Crippen LogP contribution in [-0.4, -0.2) is 42.7 Å². The molecular weight excluding hydrogens is 520 g/mol. The average molecular weight is 550 g/mol. The van der Waals surface area contributed by atoms with Crippen molar-refractivity contribution in [2.75, 3.05) is 10.6 Å². The number of anilines is 3. The highest BCUT2D eigenvalue weighted by atomic mass is 35.5. The van der Waals surface area contributed by atoms with Crippen molar-refractivity contribution in [2.24, 2.45) is 11.1 Å². The minimum atomic E-state index is -0.606. The Morgan fingerprint density at radius 1 is 1.22 bits per heavy atom. The van der Waals surface area contributed by atoms with Crippen LogP contribution in [0.4, 0.5) is 22.0 Å². The predicted octanol–water partition coefficient (Wildman–Crippen LogP) is 5.34. The average Bonchev–Trinajstić information content (AvgIpc) is 3.19. The van der Waals surface area contributed by atoms with Crippen molar-refractivity contribution < 1.29 is 14.3 Å². The van der Waals surface area contributed by atoms with Crippen LogP contribution in [-0.2, 0) is 4.79 Å². The summed E-state index contributed by atoms with van der Waals surface area (Å²) in [6.45, 7) is 1.89. The number of halogens is 3. The van der Waals surface area contributed by atoms with E-state index in [1.54, 1.807) is 6.20 Å². The van der Waals surface area contributed by atoms with Gasteiger partial charge in [0.05, 0.1) is 23.0 Å². The van der Waals surface area contributed by atoms with Crippen molar-refractivity contribution in [1.82, 2.24) is 19.5 Å². The number of amides is 1. The quantitative estimate of drug-likeness (QED) is 0.326. The molecule has 2 heterocycles. The van der Waals surface area contributed by atoms with Crippen LogP contribution in [0.15, 0.2) is 18.3 Å². The van der Waals surface area contributed by atoms with E-state index >= 15 is 0 Å². The SMILES string of the molecule is C[C@]1(C(N)=O)CC[C@@H](n2c(Nc3c(F)cc(Cl)cc3Cl)nc3cnc(N[C@H]4CCC[C@@H](O)C4)nc32)CC1. The maximum atomic E-state index is 14.8. The fourth-order valence-electron chi connectivity index (χ4n) is 5.39. The number of primary amides is 1. The third-order valence-electron chi connectivity index (χ3n) is 7.67.